The fourth-order valence-corrected chi connectivity index (χ4v) is 5.37. The molecule has 2 fully saturated rings. The number of piperidine rings is 2. The predicted octanol–water partition coefficient (Wildman–Crippen LogP) is 5.01. The number of anilines is 1. The second-order valence-electron chi connectivity index (χ2n) is 9.64. The lowest BCUT2D eigenvalue weighted by Gasteiger charge is -2.40. The van der Waals surface area contributed by atoms with Crippen LogP contribution in [-0.4, -0.2) is 53.8 Å². The van der Waals surface area contributed by atoms with Gasteiger partial charge >= 0.3 is 0 Å². The highest BCUT2D eigenvalue weighted by molar-refractivity contribution is 6.11. The summed E-state index contributed by atoms with van der Waals surface area (Å²) in [5.74, 6) is -0.0654. The van der Waals surface area contributed by atoms with Gasteiger partial charge in [-0.2, -0.15) is 0 Å². The minimum Gasteiger partial charge on any atom is -0.449 e. The number of carbonyl (C=O) groups is 2. The van der Waals surface area contributed by atoms with E-state index in [0.717, 1.165) is 29.4 Å². The second-order valence-corrected chi connectivity index (χ2v) is 9.64. The van der Waals surface area contributed by atoms with Gasteiger partial charge in [0.25, 0.3) is 5.91 Å². The molecule has 6 nitrogen and oxygen atoms in total. The third-order valence-corrected chi connectivity index (χ3v) is 7.16. The normalized spacial score (nSPS) is 17.7. The van der Waals surface area contributed by atoms with Crippen molar-refractivity contribution in [2.24, 2.45) is 0 Å². The Hall–Kier alpha value is -3.12. The van der Waals surface area contributed by atoms with Crippen LogP contribution in [0.25, 0.3) is 11.0 Å². The number of furan rings is 1. The van der Waals surface area contributed by atoms with Crippen molar-refractivity contribution in [1.82, 2.24) is 9.80 Å². The molecule has 2 saturated heterocycles. The minimum absolute atomic E-state index is 0.140. The van der Waals surface area contributed by atoms with Gasteiger partial charge in [0.2, 0.25) is 11.7 Å². The molecule has 0 spiro atoms. The maximum absolute atomic E-state index is 13.5. The third kappa shape index (κ3) is 4.87. The lowest BCUT2D eigenvalue weighted by Crippen LogP contribution is -2.48. The van der Waals surface area contributed by atoms with E-state index in [2.05, 4.69) is 10.2 Å². The summed E-state index contributed by atoms with van der Waals surface area (Å²) in [6, 6.07) is 16.0. The monoisotopic (exact) mass is 459 g/mol. The van der Waals surface area contributed by atoms with Crippen molar-refractivity contribution in [3.05, 3.63) is 65.4 Å². The summed E-state index contributed by atoms with van der Waals surface area (Å²) in [7, 11) is 0. The van der Waals surface area contributed by atoms with Gasteiger partial charge in [-0.05, 0) is 63.4 Å². The van der Waals surface area contributed by atoms with Gasteiger partial charge < -0.3 is 19.5 Å². The summed E-state index contributed by atoms with van der Waals surface area (Å²) >= 11 is 0. The largest absolute Gasteiger partial charge is 0.449 e. The number of nitrogens with zero attached hydrogens (tertiary/aromatic N) is 2. The zero-order valence-electron chi connectivity index (χ0n) is 19.9. The van der Waals surface area contributed by atoms with Gasteiger partial charge in [-0.1, -0.05) is 48.4 Å². The molecule has 0 saturated carbocycles. The molecule has 2 aromatic carbocycles. The number of fused-ring (bicyclic) bond motifs is 1. The van der Waals surface area contributed by atoms with Gasteiger partial charge in [-0.3, -0.25) is 9.59 Å². The molecule has 0 aliphatic carbocycles. The Morgan fingerprint density at radius 2 is 1.74 bits per heavy atom. The number of para-hydroxylation sites is 1. The molecule has 2 amide bonds. The molecule has 2 aliphatic heterocycles. The molecule has 3 heterocycles. The van der Waals surface area contributed by atoms with Crippen LogP contribution in [0.2, 0.25) is 0 Å². The Bertz CT molecular complexity index is 1170. The Labute approximate surface area is 200 Å². The van der Waals surface area contributed by atoms with Gasteiger partial charge in [-0.25, -0.2) is 0 Å². The third-order valence-electron chi connectivity index (χ3n) is 7.16. The van der Waals surface area contributed by atoms with Crippen LogP contribution < -0.4 is 5.32 Å². The summed E-state index contributed by atoms with van der Waals surface area (Å²) in [5.41, 5.74) is 3.15. The van der Waals surface area contributed by atoms with Crippen molar-refractivity contribution in [1.29, 1.82) is 0 Å². The smallest absolute Gasteiger partial charge is 0.291 e. The summed E-state index contributed by atoms with van der Waals surface area (Å²) in [6.07, 6.45) is 6.11. The average molecular weight is 460 g/mol. The van der Waals surface area contributed by atoms with E-state index in [1.807, 2.05) is 60.4 Å². The molecule has 1 aromatic heterocycles. The lowest BCUT2D eigenvalue weighted by molar-refractivity contribution is -0.115. The number of likely N-dealkylation sites (tertiary alicyclic amines) is 2. The van der Waals surface area contributed by atoms with Crippen LogP contribution in [0.15, 0.2) is 52.9 Å². The fraction of sp³-hybridized carbons (Fsp3) is 0.429. The van der Waals surface area contributed by atoms with E-state index >= 15 is 0 Å². The zero-order valence-corrected chi connectivity index (χ0v) is 19.9. The van der Waals surface area contributed by atoms with Crippen molar-refractivity contribution < 1.29 is 14.0 Å². The number of hydrogen-bond donors (Lipinski definition) is 1. The second kappa shape index (κ2) is 10.0. The highest BCUT2D eigenvalue weighted by Crippen LogP contribution is 2.33. The van der Waals surface area contributed by atoms with Crippen LogP contribution in [0.1, 0.15) is 53.8 Å². The Morgan fingerprint density at radius 1 is 0.971 bits per heavy atom. The van der Waals surface area contributed by atoms with E-state index in [9.17, 15) is 9.59 Å². The van der Waals surface area contributed by atoms with Gasteiger partial charge in [0.15, 0.2) is 0 Å². The van der Waals surface area contributed by atoms with Crippen LogP contribution in [-0.2, 0) is 11.2 Å². The van der Waals surface area contributed by atoms with Gasteiger partial charge in [-0.15, -0.1) is 0 Å². The van der Waals surface area contributed by atoms with Crippen molar-refractivity contribution >= 4 is 28.5 Å². The summed E-state index contributed by atoms with van der Waals surface area (Å²) < 4.78 is 6.01. The Balaban J connectivity index is 1.32. The van der Waals surface area contributed by atoms with Crippen molar-refractivity contribution in [2.75, 3.05) is 31.5 Å². The number of hydrogen-bond acceptors (Lipinski definition) is 4. The average Bonchev–Trinajstić information content (AvgIpc) is 3.22. The van der Waals surface area contributed by atoms with Crippen molar-refractivity contribution in [3.63, 3.8) is 0 Å². The number of aryl methyl sites for hydroxylation is 1. The van der Waals surface area contributed by atoms with E-state index < -0.39 is 0 Å². The molecule has 5 rings (SSSR count). The number of carbonyl (C=O) groups excluding carboxylic acids is 2. The first-order valence-corrected chi connectivity index (χ1v) is 12.5. The molecule has 1 N–H and O–H groups in total. The SMILES string of the molecule is Cc1cccc(CC(=O)Nc2c(C(=O)N3CCC(N4CCCCC4)CC3)oc3ccccc23)c1. The van der Waals surface area contributed by atoms with Crippen molar-refractivity contribution in [3.8, 4) is 0 Å². The zero-order chi connectivity index (χ0) is 23.5. The Morgan fingerprint density at radius 3 is 2.50 bits per heavy atom. The molecule has 2 aliphatic rings. The van der Waals surface area contributed by atoms with Crippen LogP contribution in [0.4, 0.5) is 5.69 Å². The highest BCUT2D eigenvalue weighted by atomic mass is 16.3. The molecule has 178 valence electrons. The highest BCUT2D eigenvalue weighted by Gasteiger charge is 2.31. The van der Waals surface area contributed by atoms with Gasteiger partial charge in [0, 0.05) is 24.5 Å². The molecule has 34 heavy (non-hydrogen) atoms. The Kier molecular flexibility index (Phi) is 6.68. The van der Waals surface area contributed by atoms with E-state index in [-0.39, 0.29) is 24.0 Å². The van der Waals surface area contributed by atoms with Gasteiger partial charge in [0.05, 0.1) is 6.42 Å². The fourth-order valence-electron chi connectivity index (χ4n) is 5.37. The summed E-state index contributed by atoms with van der Waals surface area (Å²) in [6.45, 7) is 5.80. The number of rotatable bonds is 5. The quantitative estimate of drug-likeness (QED) is 0.582. The van der Waals surface area contributed by atoms with Crippen molar-refractivity contribution in [2.45, 2.75) is 51.5 Å². The molecule has 0 radical (unpaired) electrons. The van der Waals surface area contributed by atoms with Crippen LogP contribution in [0.5, 0.6) is 0 Å². The van der Waals surface area contributed by atoms with Crippen LogP contribution >= 0.6 is 0 Å². The van der Waals surface area contributed by atoms with E-state index in [1.165, 1.54) is 32.4 Å². The minimum atomic E-state index is -0.157. The molecular formula is C28H33N3O3. The van der Waals surface area contributed by atoms with Crippen LogP contribution in [0, 0.1) is 6.92 Å². The number of amides is 2. The predicted molar refractivity (Wildman–Crippen MR) is 134 cm³/mol. The van der Waals surface area contributed by atoms with Crippen LogP contribution in [0.3, 0.4) is 0 Å². The lowest BCUT2D eigenvalue weighted by atomic mass is 9.99. The first-order chi connectivity index (χ1) is 16.6. The molecule has 0 bridgehead atoms. The number of benzene rings is 2. The van der Waals surface area contributed by atoms with E-state index in [0.29, 0.717) is 30.4 Å². The summed E-state index contributed by atoms with van der Waals surface area (Å²) in [5, 5.41) is 3.75. The summed E-state index contributed by atoms with van der Waals surface area (Å²) in [4.78, 5) is 30.9. The maximum atomic E-state index is 13.5. The van der Waals surface area contributed by atoms with E-state index in [1.54, 1.807) is 0 Å². The maximum Gasteiger partial charge on any atom is 0.291 e. The molecule has 0 atom stereocenters. The number of nitrogens with one attached hydrogen (secondary N) is 1. The standard InChI is InChI=1S/C28H33N3O3/c1-20-8-7-9-21(18-20)19-25(32)29-26-23-10-3-4-11-24(23)34-27(26)28(33)31-16-12-22(13-17-31)30-14-5-2-6-15-30/h3-4,7-11,18,22H,2,5-6,12-17,19H2,1H3,(H,29,32). The topological polar surface area (TPSA) is 65.8 Å². The molecule has 6 heteroatoms. The first kappa shape index (κ1) is 22.7. The van der Waals surface area contributed by atoms with E-state index in [4.69, 9.17) is 4.42 Å². The first-order valence-electron chi connectivity index (χ1n) is 12.5. The van der Waals surface area contributed by atoms with Gasteiger partial charge in [0.1, 0.15) is 11.3 Å². The molecular weight excluding hydrogens is 426 g/mol. The molecule has 3 aromatic rings. The molecule has 0 unspecified atom stereocenters.